The lowest BCUT2D eigenvalue weighted by atomic mass is 10.0. The Balaban J connectivity index is 1.74. The number of rotatable bonds is 5. The van der Waals surface area contributed by atoms with Crippen LogP contribution in [0.2, 0.25) is 0 Å². The fourth-order valence-electron chi connectivity index (χ4n) is 4.23. The van der Waals surface area contributed by atoms with Crippen molar-refractivity contribution in [2.24, 2.45) is 4.99 Å². The molecule has 0 bridgehead atoms. The van der Waals surface area contributed by atoms with Gasteiger partial charge in [0, 0.05) is 24.6 Å². The van der Waals surface area contributed by atoms with Gasteiger partial charge in [-0.1, -0.05) is 35.6 Å². The second-order valence-electron chi connectivity index (χ2n) is 7.80. The minimum atomic E-state index is -0.690. The van der Waals surface area contributed by atoms with Gasteiger partial charge in [0.1, 0.15) is 17.2 Å². The molecule has 1 atom stereocenters. The summed E-state index contributed by atoms with van der Waals surface area (Å²) in [6, 6.07) is 10.4. The molecule has 1 aromatic carbocycles. The van der Waals surface area contributed by atoms with Crippen LogP contribution in [0.1, 0.15) is 23.4 Å². The molecule has 0 radical (unpaired) electrons. The van der Waals surface area contributed by atoms with Gasteiger partial charge in [0.25, 0.3) is 11.5 Å². The van der Waals surface area contributed by atoms with E-state index < -0.39 is 12.0 Å². The molecule has 34 heavy (non-hydrogen) atoms. The van der Waals surface area contributed by atoms with Crippen LogP contribution in [0.4, 0.5) is 5.69 Å². The van der Waals surface area contributed by atoms with Gasteiger partial charge in [0.2, 0.25) is 0 Å². The minimum absolute atomic E-state index is 0.0927. The number of methoxy groups -OCH3 is 1. The number of allylic oxidation sites excluding steroid dienone is 1. The van der Waals surface area contributed by atoms with E-state index in [2.05, 4.69) is 4.99 Å². The van der Waals surface area contributed by atoms with Gasteiger partial charge >= 0.3 is 5.97 Å². The van der Waals surface area contributed by atoms with Gasteiger partial charge in [-0.15, -0.1) is 11.3 Å². The van der Waals surface area contributed by atoms with E-state index >= 15 is 0 Å². The summed E-state index contributed by atoms with van der Waals surface area (Å²) in [5, 5.41) is 1.89. The Morgan fingerprint density at radius 1 is 1.15 bits per heavy atom. The van der Waals surface area contributed by atoms with E-state index in [9.17, 15) is 14.4 Å². The van der Waals surface area contributed by atoms with Crippen LogP contribution >= 0.6 is 22.7 Å². The number of hydrogen-bond donors (Lipinski definition) is 0. The predicted octanol–water partition coefficient (Wildman–Crippen LogP) is 1.83. The lowest BCUT2D eigenvalue weighted by Gasteiger charge is -2.23. The summed E-state index contributed by atoms with van der Waals surface area (Å²) in [6.45, 7) is 2.09. The SMILES string of the molecule is COCCOC(=O)C1=C(C)N=c2sc(=C3C(=O)N(C)c4ccccc43)c(=O)n2[C@@H]1c1cccs1. The molecule has 0 fully saturated rings. The number of esters is 1. The Labute approximate surface area is 202 Å². The number of nitrogens with zero attached hydrogens (tertiary/aromatic N) is 3. The van der Waals surface area contributed by atoms with Crippen molar-refractivity contribution in [1.82, 2.24) is 4.57 Å². The van der Waals surface area contributed by atoms with E-state index in [-0.39, 0.29) is 24.7 Å². The number of para-hydroxylation sites is 1. The highest BCUT2D eigenvalue weighted by Gasteiger charge is 2.36. The van der Waals surface area contributed by atoms with Crippen molar-refractivity contribution in [3.05, 3.63) is 83.2 Å². The molecule has 5 rings (SSSR count). The number of anilines is 1. The summed E-state index contributed by atoms with van der Waals surface area (Å²) in [7, 11) is 3.22. The number of carbonyl (C=O) groups is 2. The Morgan fingerprint density at radius 2 is 1.94 bits per heavy atom. The number of ether oxygens (including phenoxy) is 2. The van der Waals surface area contributed by atoms with Crippen LogP contribution in [0.3, 0.4) is 0 Å². The molecule has 3 aromatic rings. The zero-order chi connectivity index (χ0) is 24.0. The van der Waals surface area contributed by atoms with Crippen LogP contribution in [0.15, 0.2) is 62.8 Å². The van der Waals surface area contributed by atoms with Gasteiger partial charge in [-0.05, 0) is 24.4 Å². The molecule has 10 heteroatoms. The average Bonchev–Trinajstić information content (AvgIpc) is 3.52. The van der Waals surface area contributed by atoms with Crippen LogP contribution in [0.25, 0.3) is 5.57 Å². The fraction of sp³-hybridized carbons (Fsp3) is 0.250. The smallest absolute Gasteiger partial charge is 0.338 e. The van der Waals surface area contributed by atoms with Crippen LogP contribution < -0.4 is 19.8 Å². The Hall–Kier alpha value is -3.34. The van der Waals surface area contributed by atoms with Crippen LogP contribution in [0, 0.1) is 0 Å². The van der Waals surface area contributed by atoms with Crippen molar-refractivity contribution in [1.29, 1.82) is 0 Å². The van der Waals surface area contributed by atoms with E-state index in [1.165, 1.54) is 34.4 Å². The Kier molecular flexibility index (Phi) is 5.80. The maximum absolute atomic E-state index is 13.8. The molecular formula is C24H21N3O5S2. The maximum atomic E-state index is 13.8. The molecule has 1 amide bonds. The Morgan fingerprint density at radius 3 is 2.68 bits per heavy atom. The first-order valence-corrected chi connectivity index (χ1v) is 12.3. The average molecular weight is 496 g/mol. The quantitative estimate of drug-likeness (QED) is 0.398. The third-order valence-corrected chi connectivity index (χ3v) is 7.81. The number of thiophene rings is 1. The zero-order valence-electron chi connectivity index (χ0n) is 18.7. The highest BCUT2D eigenvalue weighted by Crippen LogP contribution is 2.35. The van der Waals surface area contributed by atoms with E-state index in [1.807, 2.05) is 41.8 Å². The summed E-state index contributed by atoms with van der Waals surface area (Å²) in [5.41, 5.74) is 2.25. The van der Waals surface area contributed by atoms with E-state index in [0.29, 0.717) is 31.7 Å². The number of benzene rings is 1. The van der Waals surface area contributed by atoms with E-state index in [0.717, 1.165) is 10.6 Å². The second kappa shape index (κ2) is 8.79. The molecule has 0 aliphatic carbocycles. The van der Waals surface area contributed by atoms with Crippen molar-refractivity contribution in [3.8, 4) is 0 Å². The molecule has 2 aliphatic heterocycles. The first-order chi connectivity index (χ1) is 16.4. The molecule has 0 N–H and O–H groups in total. The normalized spacial score (nSPS) is 18.6. The van der Waals surface area contributed by atoms with Crippen molar-refractivity contribution in [3.63, 3.8) is 0 Å². The largest absolute Gasteiger partial charge is 0.460 e. The molecule has 174 valence electrons. The minimum Gasteiger partial charge on any atom is -0.460 e. The number of hydrogen-bond acceptors (Lipinski definition) is 8. The highest BCUT2D eigenvalue weighted by molar-refractivity contribution is 7.10. The fourth-order valence-corrected chi connectivity index (χ4v) is 6.19. The predicted molar refractivity (Wildman–Crippen MR) is 130 cm³/mol. The van der Waals surface area contributed by atoms with Gasteiger partial charge in [0.15, 0.2) is 4.80 Å². The van der Waals surface area contributed by atoms with Crippen LogP contribution in [-0.4, -0.2) is 43.8 Å². The highest BCUT2D eigenvalue weighted by atomic mass is 32.1. The van der Waals surface area contributed by atoms with Crippen LogP contribution in [0.5, 0.6) is 0 Å². The number of carbonyl (C=O) groups excluding carboxylic acids is 2. The van der Waals surface area contributed by atoms with Gasteiger partial charge in [-0.25, -0.2) is 9.79 Å². The molecule has 4 heterocycles. The second-order valence-corrected chi connectivity index (χ2v) is 9.76. The molecular weight excluding hydrogens is 474 g/mol. The maximum Gasteiger partial charge on any atom is 0.338 e. The van der Waals surface area contributed by atoms with Crippen molar-refractivity contribution < 1.29 is 19.1 Å². The molecule has 2 aromatic heterocycles. The van der Waals surface area contributed by atoms with Crippen molar-refractivity contribution in [2.75, 3.05) is 32.3 Å². The van der Waals surface area contributed by atoms with Crippen LogP contribution in [-0.2, 0) is 19.1 Å². The lowest BCUT2D eigenvalue weighted by molar-refractivity contribution is -0.140. The van der Waals surface area contributed by atoms with E-state index in [1.54, 1.807) is 18.9 Å². The molecule has 0 spiro atoms. The van der Waals surface area contributed by atoms with Gasteiger partial charge in [-0.2, -0.15) is 0 Å². The number of likely N-dealkylation sites (N-methyl/N-ethyl adjacent to an activating group) is 1. The summed E-state index contributed by atoms with van der Waals surface area (Å²) in [6.07, 6.45) is 0. The summed E-state index contributed by atoms with van der Waals surface area (Å²) in [5.74, 6) is -0.786. The molecule has 2 aliphatic rings. The lowest BCUT2D eigenvalue weighted by Crippen LogP contribution is -2.40. The summed E-state index contributed by atoms with van der Waals surface area (Å²) >= 11 is 2.61. The summed E-state index contributed by atoms with van der Waals surface area (Å²) in [4.78, 5) is 47.4. The van der Waals surface area contributed by atoms with Gasteiger partial charge < -0.3 is 14.4 Å². The first kappa shape index (κ1) is 22.5. The number of aromatic nitrogens is 1. The third kappa shape index (κ3) is 3.46. The third-order valence-electron chi connectivity index (χ3n) is 5.83. The first-order valence-electron chi connectivity index (χ1n) is 10.6. The number of fused-ring (bicyclic) bond motifs is 2. The van der Waals surface area contributed by atoms with E-state index in [4.69, 9.17) is 9.47 Å². The molecule has 0 saturated carbocycles. The van der Waals surface area contributed by atoms with Gasteiger partial charge in [-0.3, -0.25) is 14.2 Å². The number of thiazole rings is 1. The zero-order valence-corrected chi connectivity index (χ0v) is 20.4. The monoisotopic (exact) mass is 495 g/mol. The molecule has 8 nitrogen and oxygen atoms in total. The molecule has 0 saturated heterocycles. The summed E-state index contributed by atoms with van der Waals surface area (Å²) < 4.78 is 12.2. The standard InChI is InChI=1S/C24H21N3O5S2/c1-13-17(23(30)32-11-10-31-3)19(16-9-6-12-33-16)27-22(29)20(34-24(27)25-13)18-14-7-4-5-8-15(14)26(2)21(18)28/h4-9,12,19H,10-11H2,1-3H3/t19-/m1/s1. The van der Waals surface area contributed by atoms with Crippen molar-refractivity contribution in [2.45, 2.75) is 13.0 Å². The molecule has 0 unspecified atom stereocenters. The topological polar surface area (TPSA) is 90.2 Å². The van der Waals surface area contributed by atoms with Gasteiger partial charge in [0.05, 0.1) is 29.1 Å². The number of amides is 1. The Bertz CT molecular complexity index is 1510. The van der Waals surface area contributed by atoms with Crippen molar-refractivity contribution >= 4 is 45.8 Å².